The lowest BCUT2D eigenvalue weighted by molar-refractivity contribution is 0.298. The van der Waals surface area contributed by atoms with Crippen LogP contribution < -0.4 is 0 Å². The van der Waals surface area contributed by atoms with E-state index in [4.69, 9.17) is 4.42 Å². The molecule has 3 aliphatic rings. The maximum absolute atomic E-state index is 6.66. The second-order valence-electron chi connectivity index (χ2n) is 10.7. The van der Waals surface area contributed by atoms with E-state index < -0.39 is 0 Å². The molecule has 2 heterocycles. The van der Waals surface area contributed by atoms with E-state index >= 15 is 0 Å². The molecule has 3 aromatic carbocycles. The largest absolute Gasteiger partial charge is 0.456 e. The Morgan fingerprint density at radius 1 is 0.800 bits per heavy atom. The Bertz CT molecular complexity index is 1530. The summed E-state index contributed by atoms with van der Waals surface area (Å²) in [4.78, 5) is 0. The summed E-state index contributed by atoms with van der Waals surface area (Å²) in [5, 5.41) is 5.22. The molecule has 3 saturated carbocycles. The number of hydrogen-bond acceptors (Lipinski definition) is 1. The third-order valence-corrected chi connectivity index (χ3v) is 9.14. The van der Waals surface area contributed by atoms with E-state index in [0.717, 1.165) is 28.4 Å². The van der Waals surface area contributed by atoms with Gasteiger partial charge in [-0.1, -0.05) is 43.3 Å². The zero-order valence-corrected chi connectivity index (χ0v) is 17.5. The van der Waals surface area contributed by atoms with Crippen LogP contribution in [-0.2, 0) is 12.5 Å². The normalized spacial score (nSPS) is 32.1. The number of aryl methyl sites for hydroxylation is 1. The van der Waals surface area contributed by atoms with Crippen molar-refractivity contribution >= 4 is 43.7 Å². The molecule has 2 aromatic heterocycles. The van der Waals surface area contributed by atoms with E-state index in [1.807, 2.05) is 0 Å². The quantitative estimate of drug-likeness (QED) is 0.293. The predicted octanol–water partition coefficient (Wildman–Crippen LogP) is 7.31. The number of rotatable bonds is 1. The molecule has 0 radical (unpaired) electrons. The monoisotopic (exact) mass is 391 g/mol. The van der Waals surface area contributed by atoms with E-state index in [0.29, 0.717) is 0 Å². The molecule has 148 valence electrons. The number of nitrogens with zero attached hydrogens (tertiary/aromatic N) is 1. The Hall–Kier alpha value is -2.74. The first-order valence-corrected chi connectivity index (χ1v) is 11.4. The average molecular weight is 392 g/mol. The van der Waals surface area contributed by atoms with Crippen molar-refractivity contribution in [2.24, 2.45) is 24.3 Å². The van der Waals surface area contributed by atoms with E-state index in [1.54, 1.807) is 0 Å². The highest BCUT2D eigenvalue weighted by atomic mass is 16.3. The van der Waals surface area contributed by atoms with Crippen LogP contribution in [0.3, 0.4) is 0 Å². The molecule has 8 rings (SSSR count). The molecule has 1 spiro atoms. The molecule has 2 unspecified atom stereocenters. The lowest BCUT2D eigenvalue weighted by Crippen LogP contribution is -2.27. The molecule has 30 heavy (non-hydrogen) atoms. The highest BCUT2D eigenvalue weighted by Crippen LogP contribution is 2.81. The van der Waals surface area contributed by atoms with Gasteiger partial charge in [-0.05, 0) is 66.5 Å². The van der Waals surface area contributed by atoms with Gasteiger partial charge in [-0.15, -0.1) is 0 Å². The molecular formula is C28H25NO. The lowest BCUT2D eigenvalue weighted by atomic mass is 9.70. The Kier molecular flexibility index (Phi) is 2.55. The summed E-state index contributed by atoms with van der Waals surface area (Å²) in [7, 11) is 2.17. The molecule has 0 saturated heterocycles. The Balaban J connectivity index is 1.47. The average Bonchev–Trinajstić information content (AvgIpc) is 3.55. The summed E-state index contributed by atoms with van der Waals surface area (Å²) in [6.07, 6.45) is 5.65. The summed E-state index contributed by atoms with van der Waals surface area (Å²) in [5.41, 5.74) is 7.19. The second-order valence-corrected chi connectivity index (χ2v) is 10.7. The zero-order chi connectivity index (χ0) is 19.8. The fourth-order valence-electron chi connectivity index (χ4n) is 7.50. The summed E-state index contributed by atoms with van der Waals surface area (Å²) in [5.74, 6) is 1.93. The minimum Gasteiger partial charge on any atom is -0.456 e. The standard InChI is InChI=1S/C28H25NO/c1-27(12-16-14-28(16)15-17(28)13-27)20-8-5-7-19-25-23(30-26(19)20)11-10-22-24(25)18-6-3-4-9-21(18)29(22)2/h3-11,16-17H,12-15H2,1-2H3. The predicted molar refractivity (Wildman–Crippen MR) is 123 cm³/mol. The summed E-state index contributed by atoms with van der Waals surface area (Å²) in [6, 6.07) is 20.0. The van der Waals surface area contributed by atoms with Gasteiger partial charge in [0.05, 0.1) is 0 Å². The first-order chi connectivity index (χ1) is 14.6. The molecule has 5 aromatic rings. The molecule has 2 heteroatoms. The van der Waals surface area contributed by atoms with Crippen LogP contribution >= 0.6 is 0 Å². The van der Waals surface area contributed by atoms with Gasteiger partial charge in [0.25, 0.3) is 0 Å². The number of para-hydroxylation sites is 2. The number of furan rings is 1. The van der Waals surface area contributed by atoms with Gasteiger partial charge >= 0.3 is 0 Å². The van der Waals surface area contributed by atoms with E-state index in [-0.39, 0.29) is 5.41 Å². The van der Waals surface area contributed by atoms with Crippen molar-refractivity contribution in [3.05, 3.63) is 60.2 Å². The van der Waals surface area contributed by atoms with Crippen LogP contribution in [0.25, 0.3) is 43.7 Å². The Morgan fingerprint density at radius 2 is 1.57 bits per heavy atom. The van der Waals surface area contributed by atoms with Gasteiger partial charge in [-0.25, -0.2) is 0 Å². The first kappa shape index (κ1) is 16.0. The van der Waals surface area contributed by atoms with E-state index in [9.17, 15) is 0 Å². The van der Waals surface area contributed by atoms with Crippen molar-refractivity contribution in [2.45, 2.75) is 38.0 Å². The fraction of sp³-hybridized carbons (Fsp3) is 0.357. The SMILES string of the molecule is Cn1c2ccccc2c2c3c(ccc21)oc1c(C2(C)CC4CC45CC5C2)cccc13. The molecule has 0 bridgehead atoms. The minimum absolute atomic E-state index is 0.247. The van der Waals surface area contributed by atoms with Crippen LogP contribution in [0.15, 0.2) is 59.0 Å². The van der Waals surface area contributed by atoms with Crippen molar-refractivity contribution in [1.29, 1.82) is 0 Å². The topological polar surface area (TPSA) is 18.1 Å². The number of fused-ring (bicyclic) bond motifs is 7. The van der Waals surface area contributed by atoms with Crippen molar-refractivity contribution in [2.75, 3.05) is 0 Å². The van der Waals surface area contributed by atoms with Crippen molar-refractivity contribution in [3.63, 3.8) is 0 Å². The first-order valence-electron chi connectivity index (χ1n) is 11.4. The van der Waals surface area contributed by atoms with Crippen molar-refractivity contribution < 1.29 is 4.42 Å². The number of hydrogen-bond donors (Lipinski definition) is 0. The number of benzene rings is 3. The smallest absolute Gasteiger partial charge is 0.139 e. The van der Waals surface area contributed by atoms with Crippen LogP contribution in [0.4, 0.5) is 0 Å². The maximum atomic E-state index is 6.66. The van der Waals surface area contributed by atoms with Crippen LogP contribution in [0.2, 0.25) is 0 Å². The van der Waals surface area contributed by atoms with Gasteiger partial charge in [-0.3, -0.25) is 0 Å². The van der Waals surface area contributed by atoms with Crippen molar-refractivity contribution in [3.8, 4) is 0 Å². The third kappa shape index (κ3) is 1.71. The fourth-order valence-corrected chi connectivity index (χ4v) is 7.50. The van der Waals surface area contributed by atoms with Crippen LogP contribution in [-0.4, -0.2) is 4.57 Å². The molecule has 2 nitrogen and oxygen atoms in total. The molecule has 2 atom stereocenters. The molecular weight excluding hydrogens is 366 g/mol. The van der Waals surface area contributed by atoms with Crippen LogP contribution in [0.5, 0.6) is 0 Å². The van der Waals surface area contributed by atoms with Crippen LogP contribution in [0, 0.1) is 17.3 Å². The zero-order valence-electron chi connectivity index (χ0n) is 17.5. The van der Waals surface area contributed by atoms with Crippen molar-refractivity contribution in [1.82, 2.24) is 4.57 Å². The van der Waals surface area contributed by atoms with E-state index in [1.165, 1.54) is 63.8 Å². The molecule has 3 aliphatic carbocycles. The van der Waals surface area contributed by atoms with E-state index in [2.05, 4.69) is 73.1 Å². The maximum Gasteiger partial charge on any atom is 0.139 e. The molecule has 0 aliphatic heterocycles. The molecule has 3 fully saturated rings. The van der Waals surface area contributed by atoms with Gasteiger partial charge < -0.3 is 8.98 Å². The second kappa shape index (κ2) is 4.77. The van der Waals surface area contributed by atoms with Gasteiger partial charge in [0.15, 0.2) is 0 Å². The lowest BCUT2D eigenvalue weighted by Gasteiger charge is -2.33. The molecule has 0 N–H and O–H groups in total. The minimum atomic E-state index is 0.247. The highest BCUT2D eigenvalue weighted by molar-refractivity contribution is 6.27. The summed E-state index contributed by atoms with van der Waals surface area (Å²) >= 11 is 0. The van der Waals surface area contributed by atoms with Gasteiger partial charge in [0.1, 0.15) is 11.2 Å². The van der Waals surface area contributed by atoms with Gasteiger partial charge in [0, 0.05) is 45.2 Å². The third-order valence-electron chi connectivity index (χ3n) is 9.14. The Morgan fingerprint density at radius 3 is 2.40 bits per heavy atom. The Labute approximate surface area is 175 Å². The summed E-state index contributed by atoms with van der Waals surface area (Å²) in [6.45, 7) is 2.50. The van der Waals surface area contributed by atoms with Gasteiger partial charge in [0.2, 0.25) is 0 Å². The summed E-state index contributed by atoms with van der Waals surface area (Å²) < 4.78 is 8.97. The van der Waals surface area contributed by atoms with Crippen LogP contribution in [0.1, 0.15) is 38.2 Å². The number of aromatic nitrogens is 1. The highest BCUT2D eigenvalue weighted by Gasteiger charge is 2.74. The van der Waals surface area contributed by atoms with Gasteiger partial charge in [-0.2, -0.15) is 0 Å². The molecule has 0 amide bonds.